The first-order valence-corrected chi connectivity index (χ1v) is 5.28. The van der Waals surface area contributed by atoms with E-state index in [-0.39, 0.29) is 5.88 Å². The van der Waals surface area contributed by atoms with Gasteiger partial charge in [0, 0.05) is 6.54 Å². The third-order valence-electron chi connectivity index (χ3n) is 3.22. The second-order valence-electron chi connectivity index (χ2n) is 4.15. The lowest BCUT2D eigenvalue weighted by molar-refractivity contribution is 0.456. The maximum atomic E-state index is 9.40. The third kappa shape index (κ3) is 1.13. The number of fused-ring (bicyclic) bond motifs is 3. The van der Waals surface area contributed by atoms with Gasteiger partial charge in [0.25, 0.3) is 0 Å². The molecule has 0 aliphatic carbocycles. The lowest BCUT2D eigenvalue weighted by Gasteiger charge is -2.22. The molecule has 0 unspecified atom stereocenters. The van der Waals surface area contributed by atoms with E-state index in [0.717, 1.165) is 12.2 Å². The van der Waals surface area contributed by atoms with E-state index >= 15 is 0 Å². The number of hydrogen-bond acceptors (Lipinski definition) is 3. The van der Waals surface area contributed by atoms with Crippen molar-refractivity contribution in [1.82, 2.24) is 9.55 Å². The predicted octanol–water partition coefficient (Wildman–Crippen LogP) is 2.12. The summed E-state index contributed by atoms with van der Waals surface area (Å²) in [6.07, 6.45) is 1.63. The molecule has 1 aromatic heterocycles. The minimum Gasteiger partial charge on any atom is -0.492 e. The molecule has 0 amide bonds. The summed E-state index contributed by atoms with van der Waals surface area (Å²) in [7, 11) is 0. The molecule has 4 nitrogen and oxygen atoms in total. The lowest BCUT2D eigenvalue weighted by atomic mass is 10.0. The molecule has 0 radical (unpaired) electrons. The first kappa shape index (κ1) is 9.27. The summed E-state index contributed by atoms with van der Waals surface area (Å²) in [4.78, 5) is 4.01. The van der Waals surface area contributed by atoms with Gasteiger partial charge in [-0.15, -0.1) is 0 Å². The van der Waals surface area contributed by atoms with Crippen molar-refractivity contribution >= 4 is 5.95 Å². The van der Waals surface area contributed by atoms with E-state index in [1.165, 1.54) is 16.7 Å². The van der Waals surface area contributed by atoms with Crippen LogP contribution in [0.3, 0.4) is 0 Å². The van der Waals surface area contributed by atoms with Crippen LogP contribution < -0.4 is 5.32 Å². The van der Waals surface area contributed by atoms with Gasteiger partial charge in [0.05, 0.1) is 11.9 Å². The Bertz CT molecular complexity index is 572. The number of nitrogens with zero attached hydrogens (tertiary/aromatic N) is 2. The molecule has 4 heteroatoms. The van der Waals surface area contributed by atoms with Gasteiger partial charge in [0.1, 0.15) is 0 Å². The fraction of sp³-hybridized carbons (Fsp3) is 0.250. The van der Waals surface area contributed by atoms with Crippen LogP contribution in [0.4, 0.5) is 5.95 Å². The quantitative estimate of drug-likeness (QED) is 0.707. The highest BCUT2D eigenvalue weighted by atomic mass is 16.3. The minimum atomic E-state index is 0.0496. The summed E-state index contributed by atoms with van der Waals surface area (Å²) < 4.78 is 1.89. The topological polar surface area (TPSA) is 50.1 Å². The fourth-order valence-electron chi connectivity index (χ4n) is 2.15. The van der Waals surface area contributed by atoms with Gasteiger partial charge in [0.2, 0.25) is 11.8 Å². The first-order valence-electron chi connectivity index (χ1n) is 5.28. The van der Waals surface area contributed by atoms with Crippen LogP contribution in [0.15, 0.2) is 18.3 Å². The number of aromatic hydroxyl groups is 1. The second-order valence-corrected chi connectivity index (χ2v) is 4.15. The highest BCUT2D eigenvalue weighted by Crippen LogP contribution is 2.30. The number of aromatic nitrogens is 2. The molecule has 3 rings (SSSR count). The zero-order valence-corrected chi connectivity index (χ0v) is 9.28. The molecule has 2 heterocycles. The SMILES string of the molecule is Cc1ccc2c(c1C)CNc1nc(O)cn1-2. The molecule has 0 fully saturated rings. The van der Waals surface area contributed by atoms with E-state index in [1.807, 2.05) is 4.57 Å². The van der Waals surface area contributed by atoms with Crippen LogP contribution in [-0.4, -0.2) is 14.7 Å². The number of rotatable bonds is 0. The predicted molar refractivity (Wildman–Crippen MR) is 62.0 cm³/mol. The van der Waals surface area contributed by atoms with Crippen LogP contribution in [0.5, 0.6) is 5.88 Å². The Balaban J connectivity index is 2.29. The largest absolute Gasteiger partial charge is 0.492 e. The zero-order chi connectivity index (χ0) is 11.3. The average molecular weight is 215 g/mol. The molecule has 0 saturated heterocycles. The van der Waals surface area contributed by atoms with E-state index in [4.69, 9.17) is 0 Å². The van der Waals surface area contributed by atoms with Gasteiger partial charge < -0.3 is 10.4 Å². The van der Waals surface area contributed by atoms with E-state index in [1.54, 1.807) is 6.20 Å². The molecule has 0 spiro atoms. The van der Waals surface area contributed by atoms with E-state index < -0.39 is 0 Å². The van der Waals surface area contributed by atoms with E-state index in [9.17, 15) is 5.11 Å². The summed E-state index contributed by atoms with van der Waals surface area (Å²) in [6, 6.07) is 4.17. The van der Waals surface area contributed by atoms with Gasteiger partial charge in [-0.1, -0.05) is 6.07 Å². The summed E-state index contributed by atoms with van der Waals surface area (Å²) in [5, 5.41) is 12.6. The van der Waals surface area contributed by atoms with Gasteiger partial charge in [-0.3, -0.25) is 4.57 Å². The van der Waals surface area contributed by atoms with E-state index in [0.29, 0.717) is 5.95 Å². The molecule has 82 valence electrons. The smallest absolute Gasteiger partial charge is 0.231 e. The molecule has 1 aromatic carbocycles. The van der Waals surface area contributed by atoms with Crippen molar-refractivity contribution in [1.29, 1.82) is 0 Å². The highest BCUT2D eigenvalue weighted by Gasteiger charge is 2.19. The Morgan fingerprint density at radius 3 is 3.00 bits per heavy atom. The molecule has 16 heavy (non-hydrogen) atoms. The van der Waals surface area contributed by atoms with E-state index in [2.05, 4.69) is 36.3 Å². The molecule has 0 saturated carbocycles. The summed E-state index contributed by atoms with van der Waals surface area (Å²) in [5.41, 5.74) is 4.95. The summed E-state index contributed by atoms with van der Waals surface area (Å²) in [5.74, 6) is 0.752. The lowest BCUT2D eigenvalue weighted by Crippen LogP contribution is -2.16. The Labute approximate surface area is 93.6 Å². The van der Waals surface area contributed by atoms with Crippen molar-refractivity contribution < 1.29 is 5.11 Å². The molecule has 1 aliphatic rings. The minimum absolute atomic E-state index is 0.0496. The van der Waals surface area contributed by atoms with Gasteiger partial charge in [-0.2, -0.15) is 4.98 Å². The molecular formula is C12H13N3O. The molecule has 2 N–H and O–H groups in total. The van der Waals surface area contributed by atoms with Crippen LogP contribution >= 0.6 is 0 Å². The van der Waals surface area contributed by atoms with Crippen LogP contribution in [0.1, 0.15) is 16.7 Å². The first-order chi connectivity index (χ1) is 7.66. The Morgan fingerprint density at radius 2 is 2.19 bits per heavy atom. The average Bonchev–Trinajstić information content (AvgIpc) is 2.63. The standard InChI is InChI=1S/C12H13N3O/c1-7-3-4-10-9(8(7)2)5-13-12-14-11(16)6-15(10)12/h3-4,6,16H,5H2,1-2H3,(H,13,14). The van der Waals surface area contributed by atoms with Gasteiger partial charge in [0.15, 0.2) is 0 Å². The van der Waals surface area contributed by atoms with Crippen molar-refractivity contribution in [3.05, 3.63) is 35.0 Å². The molecule has 1 aliphatic heterocycles. The molecular weight excluding hydrogens is 202 g/mol. The summed E-state index contributed by atoms with van der Waals surface area (Å²) >= 11 is 0. The van der Waals surface area contributed by atoms with Crippen molar-refractivity contribution in [2.45, 2.75) is 20.4 Å². The van der Waals surface area contributed by atoms with Gasteiger partial charge in [-0.05, 0) is 36.6 Å². The highest BCUT2D eigenvalue weighted by molar-refractivity contribution is 5.57. The fourth-order valence-corrected chi connectivity index (χ4v) is 2.15. The van der Waals surface area contributed by atoms with Crippen LogP contribution in [0, 0.1) is 13.8 Å². The third-order valence-corrected chi connectivity index (χ3v) is 3.22. The Morgan fingerprint density at radius 1 is 1.38 bits per heavy atom. The number of nitrogens with one attached hydrogen (secondary N) is 1. The van der Waals surface area contributed by atoms with Crippen LogP contribution in [0.25, 0.3) is 5.69 Å². The number of imidazole rings is 1. The maximum Gasteiger partial charge on any atom is 0.231 e. The zero-order valence-electron chi connectivity index (χ0n) is 9.28. The van der Waals surface area contributed by atoms with Crippen molar-refractivity contribution in [3.63, 3.8) is 0 Å². The van der Waals surface area contributed by atoms with Crippen molar-refractivity contribution in [2.75, 3.05) is 5.32 Å². The second kappa shape index (κ2) is 3.01. The number of aryl methyl sites for hydroxylation is 1. The number of benzene rings is 1. The van der Waals surface area contributed by atoms with Crippen molar-refractivity contribution in [3.8, 4) is 11.6 Å². The van der Waals surface area contributed by atoms with Crippen LogP contribution in [0.2, 0.25) is 0 Å². The maximum absolute atomic E-state index is 9.40. The number of hydrogen-bond donors (Lipinski definition) is 2. The Kier molecular flexibility index (Phi) is 1.74. The molecule has 2 aromatic rings. The van der Waals surface area contributed by atoms with Crippen molar-refractivity contribution in [2.24, 2.45) is 0 Å². The summed E-state index contributed by atoms with van der Waals surface area (Å²) in [6.45, 7) is 4.99. The molecule has 0 atom stereocenters. The molecule has 0 bridgehead atoms. The van der Waals surface area contributed by atoms with Crippen LogP contribution in [-0.2, 0) is 6.54 Å². The van der Waals surface area contributed by atoms with Gasteiger partial charge >= 0.3 is 0 Å². The number of anilines is 1. The van der Waals surface area contributed by atoms with Gasteiger partial charge in [-0.25, -0.2) is 0 Å². The Hall–Kier alpha value is -1.97. The normalized spacial score (nSPS) is 12.9. The monoisotopic (exact) mass is 215 g/mol.